The van der Waals surface area contributed by atoms with Gasteiger partial charge < -0.3 is 29.2 Å². The number of hydrogen-bond donors (Lipinski definition) is 1. The first-order valence-electron chi connectivity index (χ1n) is 16.8. The number of nitrogens with one attached hydrogen (secondary N) is 1. The van der Waals surface area contributed by atoms with Crippen molar-refractivity contribution in [2.75, 3.05) is 20.8 Å². The summed E-state index contributed by atoms with van der Waals surface area (Å²) in [7, 11) is 2.92. The number of nitrogens with zero attached hydrogens (tertiary/aromatic N) is 3. The fourth-order valence-electron chi connectivity index (χ4n) is 8.26. The van der Waals surface area contributed by atoms with Crippen LogP contribution in [0.3, 0.4) is 0 Å². The zero-order valence-electron chi connectivity index (χ0n) is 27.9. The number of amides is 2. The molecular formula is C35H48N4O7. The average Bonchev–Trinajstić information content (AvgIpc) is 3.72. The first kappa shape index (κ1) is 32.3. The summed E-state index contributed by atoms with van der Waals surface area (Å²) in [5, 5.41) is 2.93. The molecule has 3 fully saturated rings. The summed E-state index contributed by atoms with van der Waals surface area (Å²) in [4.78, 5) is 52.4. The second-order valence-electron chi connectivity index (χ2n) is 14.7. The van der Waals surface area contributed by atoms with Gasteiger partial charge in [0.1, 0.15) is 35.7 Å². The van der Waals surface area contributed by atoms with Crippen LogP contribution in [0, 0.1) is 29.1 Å². The van der Waals surface area contributed by atoms with Crippen molar-refractivity contribution in [1.82, 2.24) is 20.2 Å². The summed E-state index contributed by atoms with van der Waals surface area (Å²) in [5.74, 6) is 0.994. The molecule has 46 heavy (non-hydrogen) atoms. The van der Waals surface area contributed by atoms with E-state index in [9.17, 15) is 14.4 Å². The van der Waals surface area contributed by atoms with Crippen LogP contribution in [0.5, 0.6) is 11.6 Å². The van der Waals surface area contributed by atoms with E-state index < -0.39 is 41.6 Å². The van der Waals surface area contributed by atoms with E-state index in [2.05, 4.69) is 5.32 Å². The number of aryl methyl sites for hydroxylation is 1. The maximum absolute atomic E-state index is 14.4. The molecule has 0 spiro atoms. The van der Waals surface area contributed by atoms with Crippen LogP contribution in [0.25, 0.3) is 11.0 Å². The fraction of sp³-hybridized carbons (Fsp3) is 0.686. The summed E-state index contributed by atoms with van der Waals surface area (Å²) >= 11 is 0. The number of methoxy groups -OCH3 is 2. The van der Waals surface area contributed by atoms with Gasteiger partial charge in [-0.05, 0) is 73.8 Å². The number of alkyl carbamates (subject to hydrolysis) is 1. The number of carbonyl (C=O) groups excluding carboxylic acids is 3. The third-order valence-corrected chi connectivity index (χ3v) is 10.8. The van der Waals surface area contributed by atoms with Crippen molar-refractivity contribution in [3.8, 4) is 11.6 Å². The van der Waals surface area contributed by atoms with E-state index in [1.807, 2.05) is 45.9 Å². The molecule has 1 aromatic heterocycles. The lowest BCUT2D eigenvalue weighted by Crippen LogP contribution is -2.57. The van der Waals surface area contributed by atoms with Gasteiger partial charge in [0.05, 0.1) is 31.8 Å². The van der Waals surface area contributed by atoms with Crippen LogP contribution in [0.15, 0.2) is 18.2 Å². The molecule has 11 nitrogen and oxygen atoms in total. The standard InChI is InChI=1S/C35H48N4O7/c1-19-27-18-39(28(19)33(41)44-6)32(40)30(35(2,3)4)38-34(42)46-29-21-13-12-20(16-21)23(29)10-8-7-9-11-25-31(45-27)37-26-17-22(43-5)14-15-24(26)36-25/h14-15,17,19-21,23,27-30H,7-13,16,18H2,1-6H3,(H,38,42)/t19-,20-,21+,23-,27+,28+,29-,30-/m1/s1. The number of fused-ring (bicyclic) bond motifs is 9. The van der Waals surface area contributed by atoms with E-state index in [-0.39, 0.29) is 18.6 Å². The molecule has 8 atom stereocenters. The molecule has 250 valence electrons. The molecule has 2 amide bonds. The highest BCUT2D eigenvalue weighted by Crippen LogP contribution is 2.51. The third-order valence-electron chi connectivity index (χ3n) is 10.8. The minimum absolute atomic E-state index is 0.120. The highest BCUT2D eigenvalue weighted by atomic mass is 16.6. The van der Waals surface area contributed by atoms with E-state index in [0.29, 0.717) is 41.3 Å². The van der Waals surface area contributed by atoms with E-state index >= 15 is 0 Å². The monoisotopic (exact) mass is 636 g/mol. The zero-order chi connectivity index (χ0) is 32.7. The Labute approximate surface area is 271 Å². The van der Waals surface area contributed by atoms with Gasteiger partial charge in [-0.1, -0.05) is 40.5 Å². The second-order valence-corrected chi connectivity index (χ2v) is 14.7. The number of benzene rings is 1. The maximum Gasteiger partial charge on any atom is 0.408 e. The van der Waals surface area contributed by atoms with Crippen LogP contribution < -0.4 is 14.8 Å². The Kier molecular flexibility index (Phi) is 9.04. The summed E-state index contributed by atoms with van der Waals surface area (Å²) in [6.45, 7) is 7.69. The van der Waals surface area contributed by atoms with Crippen LogP contribution >= 0.6 is 0 Å². The lowest BCUT2D eigenvalue weighted by atomic mass is 9.82. The largest absolute Gasteiger partial charge is 0.497 e. The number of carbonyl (C=O) groups is 3. The predicted molar refractivity (Wildman–Crippen MR) is 170 cm³/mol. The molecule has 11 heteroatoms. The van der Waals surface area contributed by atoms with Crippen molar-refractivity contribution < 1.29 is 33.3 Å². The molecular weight excluding hydrogens is 588 g/mol. The Morgan fingerprint density at radius 1 is 1.00 bits per heavy atom. The van der Waals surface area contributed by atoms with Crippen molar-refractivity contribution in [2.45, 2.75) is 103 Å². The van der Waals surface area contributed by atoms with Gasteiger partial charge in [-0.15, -0.1) is 0 Å². The van der Waals surface area contributed by atoms with Crippen LogP contribution in [0.1, 0.15) is 78.3 Å². The van der Waals surface area contributed by atoms with Gasteiger partial charge in [-0.2, -0.15) is 0 Å². The molecule has 2 aliphatic heterocycles. The molecule has 2 aliphatic carbocycles. The van der Waals surface area contributed by atoms with Crippen LogP contribution in [0.2, 0.25) is 0 Å². The normalized spacial score (nSPS) is 32.0. The van der Waals surface area contributed by atoms with Gasteiger partial charge in [-0.25, -0.2) is 19.6 Å². The Morgan fingerprint density at radius 3 is 2.52 bits per heavy atom. The summed E-state index contributed by atoms with van der Waals surface area (Å²) in [6.07, 6.45) is 6.69. The van der Waals surface area contributed by atoms with Crippen molar-refractivity contribution in [3.05, 3.63) is 23.9 Å². The summed E-state index contributed by atoms with van der Waals surface area (Å²) in [5.41, 5.74) is 1.48. The summed E-state index contributed by atoms with van der Waals surface area (Å²) in [6, 6.07) is 3.76. The number of ether oxygens (including phenoxy) is 4. The third kappa shape index (κ3) is 6.21. The predicted octanol–water partition coefficient (Wildman–Crippen LogP) is 5.08. The minimum Gasteiger partial charge on any atom is -0.497 e. The van der Waals surface area contributed by atoms with E-state index in [1.54, 1.807) is 7.11 Å². The van der Waals surface area contributed by atoms with Gasteiger partial charge in [0.2, 0.25) is 11.8 Å². The van der Waals surface area contributed by atoms with Gasteiger partial charge in [-0.3, -0.25) is 4.79 Å². The van der Waals surface area contributed by atoms with E-state index in [4.69, 9.17) is 28.9 Å². The lowest BCUT2D eigenvalue weighted by molar-refractivity contribution is -0.153. The van der Waals surface area contributed by atoms with E-state index in [0.717, 1.165) is 49.7 Å². The molecule has 4 bridgehead atoms. The zero-order valence-corrected chi connectivity index (χ0v) is 27.9. The molecule has 4 aliphatic rings. The first-order chi connectivity index (χ1) is 22.0. The molecule has 1 aromatic carbocycles. The topological polar surface area (TPSA) is 129 Å². The molecule has 2 saturated carbocycles. The number of esters is 1. The highest BCUT2D eigenvalue weighted by molar-refractivity contribution is 5.91. The molecule has 0 unspecified atom stereocenters. The first-order valence-corrected chi connectivity index (χ1v) is 16.8. The van der Waals surface area contributed by atoms with Crippen molar-refractivity contribution in [3.63, 3.8) is 0 Å². The molecule has 1 N–H and O–H groups in total. The Bertz CT molecular complexity index is 1470. The van der Waals surface area contributed by atoms with Gasteiger partial charge in [0.25, 0.3) is 0 Å². The molecule has 6 rings (SSSR count). The van der Waals surface area contributed by atoms with Gasteiger partial charge in [0, 0.05) is 12.0 Å². The van der Waals surface area contributed by atoms with Gasteiger partial charge in [0.15, 0.2) is 0 Å². The quantitative estimate of drug-likeness (QED) is 0.449. The smallest absolute Gasteiger partial charge is 0.408 e. The number of rotatable bonds is 2. The number of hydrogen-bond acceptors (Lipinski definition) is 9. The van der Waals surface area contributed by atoms with Crippen molar-refractivity contribution in [1.29, 1.82) is 0 Å². The van der Waals surface area contributed by atoms with Crippen LogP contribution in [0.4, 0.5) is 4.79 Å². The van der Waals surface area contributed by atoms with Crippen molar-refractivity contribution >= 4 is 29.0 Å². The lowest BCUT2D eigenvalue weighted by Gasteiger charge is -2.36. The molecule has 0 radical (unpaired) electrons. The van der Waals surface area contributed by atoms with Crippen LogP contribution in [-0.2, 0) is 25.5 Å². The average molecular weight is 637 g/mol. The fourth-order valence-corrected chi connectivity index (χ4v) is 8.26. The second kappa shape index (κ2) is 12.9. The van der Waals surface area contributed by atoms with Gasteiger partial charge >= 0.3 is 12.1 Å². The Balaban J connectivity index is 1.37. The molecule has 2 aromatic rings. The maximum atomic E-state index is 14.4. The molecule has 3 heterocycles. The highest BCUT2D eigenvalue weighted by Gasteiger charge is 2.52. The number of aromatic nitrogens is 2. The van der Waals surface area contributed by atoms with Crippen LogP contribution in [-0.4, -0.2) is 77.9 Å². The minimum atomic E-state index is -0.933. The molecule has 1 saturated heterocycles. The Hall–Kier alpha value is -3.63. The van der Waals surface area contributed by atoms with Crippen molar-refractivity contribution in [2.24, 2.45) is 29.1 Å². The SMILES string of the molecule is COC(=O)[C@@H]1[C@H](C)[C@@H]2CN1C(=O)[C@H](C(C)(C)C)NC(=O)O[C@@H]1[C@H]3CC[C@H](C3)[C@H]1CCCCCc1nc3ccc(OC)cc3nc1O2. The Morgan fingerprint density at radius 2 is 1.78 bits per heavy atom. The van der Waals surface area contributed by atoms with E-state index in [1.165, 1.54) is 18.4 Å². The summed E-state index contributed by atoms with van der Waals surface area (Å²) < 4.78 is 23.4.